The number of fused-ring (bicyclic) bond motifs is 2. The molecule has 2 aliphatic rings. The molecule has 0 amide bonds. The van der Waals surface area contributed by atoms with Crippen molar-refractivity contribution in [3.05, 3.63) is 0 Å². The van der Waals surface area contributed by atoms with Gasteiger partial charge in [-0.2, -0.15) is 10.2 Å². The first-order valence-corrected chi connectivity index (χ1v) is 5.57. The molecule has 0 aromatic rings. The zero-order chi connectivity index (χ0) is 10.4. The Morgan fingerprint density at radius 1 is 1.36 bits per heavy atom. The summed E-state index contributed by atoms with van der Waals surface area (Å²) in [6.07, 6.45) is 5.61. The molecule has 0 unspecified atom stereocenters. The van der Waals surface area contributed by atoms with Gasteiger partial charge in [-0.3, -0.25) is 0 Å². The highest BCUT2D eigenvalue weighted by molar-refractivity contribution is 5.94. The van der Waals surface area contributed by atoms with Crippen LogP contribution in [0, 0.1) is 16.7 Å². The highest BCUT2D eigenvalue weighted by Crippen LogP contribution is 2.63. The van der Waals surface area contributed by atoms with E-state index in [0.717, 1.165) is 5.92 Å². The lowest BCUT2D eigenvalue weighted by Gasteiger charge is -2.34. The van der Waals surface area contributed by atoms with E-state index < -0.39 is 0 Å². The molecule has 0 saturated heterocycles. The van der Waals surface area contributed by atoms with Gasteiger partial charge in [0, 0.05) is 17.3 Å². The fourth-order valence-electron chi connectivity index (χ4n) is 3.21. The minimum absolute atomic E-state index is 0.310. The van der Waals surface area contributed by atoms with E-state index in [1.54, 1.807) is 6.21 Å². The van der Waals surface area contributed by atoms with Crippen molar-refractivity contribution in [2.75, 3.05) is 0 Å². The summed E-state index contributed by atoms with van der Waals surface area (Å²) in [5.41, 5.74) is 2.07. The van der Waals surface area contributed by atoms with Crippen LogP contribution in [0.5, 0.6) is 0 Å². The summed E-state index contributed by atoms with van der Waals surface area (Å²) in [6.45, 7) is 9.07. The predicted octanol–water partition coefficient (Wildman–Crippen LogP) is 3.28. The molecule has 2 nitrogen and oxygen atoms in total. The Balaban J connectivity index is 2.36. The highest BCUT2D eigenvalue weighted by atomic mass is 15.2. The second-order valence-electron chi connectivity index (χ2n) is 5.41. The molecule has 0 heterocycles. The maximum absolute atomic E-state index is 4.38. The smallest absolute Gasteiger partial charge is 0.0473 e. The number of hydrogen-bond acceptors (Lipinski definition) is 2. The third-order valence-corrected chi connectivity index (χ3v) is 4.81. The van der Waals surface area contributed by atoms with Gasteiger partial charge in [-0.25, -0.2) is 0 Å². The quantitative estimate of drug-likeness (QED) is 0.450. The van der Waals surface area contributed by atoms with Gasteiger partial charge in [-0.1, -0.05) is 20.8 Å². The maximum Gasteiger partial charge on any atom is 0.0473 e. The average molecular weight is 192 g/mol. The van der Waals surface area contributed by atoms with Crippen LogP contribution in [0.2, 0.25) is 0 Å². The molecular formula is C12H20N2. The highest BCUT2D eigenvalue weighted by Gasteiger charge is 2.59. The minimum atomic E-state index is 0.310. The van der Waals surface area contributed by atoms with Gasteiger partial charge in [-0.15, -0.1) is 0 Å². The Bertz CT molecular complexity index is 301. The van der Waals surface area contributed by atoms with E-state index in [0.29, 0.717) is 10.8 Å². The van der Waals surface area contributed by atoms with Gasteiger partial charge in [0.25, 0.3) is 0 Å². The van der Waals surface area contributed by atoms with Crippen molar-refractivity contribution in [3.63, 3.8) is 0 Å². The minimum Gasteiger partial charge on any atom is -0.164 e. The van der Waals surface area contributed by atoms with Crippen molar-refractivity contribution < 1.29 is 0 Å². The van der Waals surface area contributed by atoms with Crippen molar-refractivity contribution >= 4 is 11.9 Å². The van der Waals surface area contributed by atoms with Gasteiger partial charge in [0.15, 0.2) is 0 Å². The summed E-state index contributed by atoms with van der Waals surface area (Å²) in [4.78, 5) is 0. The summed E-state index contributed by atoms with van der Waals surface area (Å²) in [5.74, 6) is 0.832. The summed E-state index contributed by atoms with van der Waals surface area (Å²) < 4.78 is 0. The summed E-state index contributed by atoms with van der Waals surface area (Å²) in [7, 11) is 0. The molecule has 2 bridgehead atoms. The van der Waals surface area contributed by atoms with E-state index in [4.69, 9.17) is 0 Å². The standard InChI is InChI=1S/C12H20N2/c1-5-13-14-10-8-9-6-7-12(10,4)11(9,2)3/h5,9H,6-8H2,1-4H3/b13-5-,14-10+/t9-,12+/m1/s1. The van der Waals surface area contributed by atoms with Crippen LogP contribution in [-0.2, 0) is 0 Å². The SMILES string of the molecule is C/C=N\N=C1/C[C@H]2CC[C@]1(C)C2(C)C. The molecule has 0 N–H and O–H groups in total. The second-order valence-corrected chi connectivity index (χ2v) is 5.41. The van der Waals surface area contributed by atoms with E-state index in [1.165, 1.54) is 25.0 Å². The zero-order valence-electron chi connectivity index (χ0n) is 9.67. The molecule has 14 heavy (non-hydrogen) atoms. The van der Waals surface area contributed by atoms with Crippen molar-refractivity contribution in [2.45, 2.75) is 47.0 Å². The fraction of sp³-hybridized carbons (Fsp3) is 0.833. The maximum atomic E-state index is 4.38. The molecule has 0 aliphatic heterocycles. The van der Waals surface area contributed by atoms with Gasteiger partial charge < -0.3 is 0 Å². The van der Waals surface area contributed by atoms with E-state index in [2.05, 4.69) is 31.0 Å². The van der Waals surface area contributed by atoms with E-state index in [9.17, 15) is 0 Å². The van der Waals surface area contributed by atoms with Gasteiger partial charge in [0.2, 0.25) is 0 Å². The average Bonchev–Trinajstić information content (AvgIpc) is 2.46. The second kappa shape index (κ2) is 2.91. The van der Waals surface area contributed by atoms with Crippen molar-refractivity contribution in [3.8, 4) is 0 Å². The van der Waals surface area contributed by atoms with Crippen LogP contribution in [0.4, 0.5) is 0 Å². The van der Waals surface area contributed by atoms with Crippen LogP contribution in [0.1, 0.15) is 47.0 Å². The molecule has 0 aromatic carbocycles. The third kappa shape index (κ3) is 1.03. The van der Waals surface area contributed by atoms with Crippen LogP contribution in [0.3, 0.4) is 0 Å². The molecule has 2 atom stereocenters. The molecule has 2 aliphatic carbocycles. The van der Waals surface area contributed by atoms with E-state index in [-0.39, 0.29) is 0 Å². The molecule has 2 saturated carbocycles. The first-order chi connectivity index (χ1) is 6.52. The van der Waals surface area contributed by atoms with Gasteiger partial charge in [0.05, 0.1) is 0 Å². The lowest BCUT2D eigenvalue weighted by Crippen LogP contribution is -2.32. The molecule has 2 heteroatoms. The predicted molar refractivity (Wildman–Crippen MR) is 60.8 cm³/mol. The Kier molecular flexibility index (Phi) is 2.06. The molecule has 2 fully saturated rings. The third-order valence-electron chi connectivity index (χ3n) is 4.81. The monoisotopic (exact) mass is 192 g/mol. The van der Waals surface area contributed by atoms with E-state index >= 15 is 0 Å². The topological polar surface area (TPSA) is 24.7 Å². The normalized spacial score (nSPS) is 42.9. The first-order valence-electron chi connectivity index (χ1n) is 5.57. The molecule has 2 rings (SSSR count). The van der Waals surface area contributed by atoms with Gasteiger partial charge in [-0.05, 0) is 37.5 Å². The first kappa shape index (κ1) is 9.88. The van der Waals surface area contributed by atoms with Crippen LogP contribution in [-0.4, -0.2) is 11.9 Å². The summed E-state index contributed by atoms with van der Waals surface area (Å²) in [5, 5.41) is 8.42. The number of nitrogens with zero attached hydrogens (tertiary/aromatic N) is 2. The van der Waals surface area contributed by atoms with Crippen LogP contribution < -0.4 is 0 Å². The van der Waals surface area contributed by atoms with Crippen LogP contribution in [0.15, 0.2) is 10.2 Å². The number of hydrogen-bond donors (Lipinski definition) is 0. The van der Waals surface area contributed by atoms with E-state index in [1.807, 2.05) is 6.92 Å². The van der Waals surface area contributed by atoms with Gasteiger partial charge in [0.1, 0.15) is 0 Å². The molecule has 78 valence electrons. The molecule has 0 aromatic heterocycles. The Hall–Kier alpha value is -0.660. The fourth-order valence-corrected chi connectivity index (χ4v) is 3.21. The molecule has 0 spiro atoms. The van der Waals surface area contributed by atoms with Crippen LogP contribution in [0.25, 0.3) is 0 Å². The lowest BCUT2D eigenvalue weighted by atomic mass is 9.70. The van der Waals surface area contributed by atoms with Gasteiger partial charge >= 0.3 is 0 Å². The Morgan fingerprint density at radius 3 is 2.50 bits per heavy atom. The largest absolute Gasteiger partial charge is 0.164 e. The molecular weight excluding hydrogens is 172 g/mol. The van der Waals surface area contributed by atoms with Crippen molar-refractivity contribution in [2.24, 2.45) is 27.0 Å². The summed E-state index contributed by atoms with van der Waals surface area (Å²) >= 11 is 0. The molecule has 0 radical (unpaired) electrons. The van der Waals surface area contributed by atoms with Crippen LogP contribution >= 0.6 is 0 Å². The Morgan fingerprint density at radius 2 is 2.07 bits per heavy atom. The van der Waals surface area contributed by atoms with Crippen molar-refractivity contribution in [1.29, 1.82) is 0 Å². The Labute approximate surface area is 86.5 Å². The number of rotatable bonds is 1. The van der Waals surface area contributed by atoms with Crippen molar-refractivity contribution in [1.82, 2.24) is 0 Å². The zero-order valence-corrected chi connectivity index (χ0v) is 9.67. The lowest BCUT2D eigenvalue weighted by molar-refractivity contribution is 0.194. The summed E-state index contributed by atoms with van der Waals surface area (Å²) in [6, 6.07) is 0.